The average Bonchev–Trinajstić information content (AvgIpc) is 2.35. The fourth-order valence-corrected chi connectivity index (χ4v) is 2.61. The highest BCUT2D eigenvalue weighted by Gasteiger charge is 2.45. The molecule has 1 rings (SSSR count). The lowest BCUT2D eigenvalue weighted by Gasteiger charge is -2.42. The third-order valence-corrected chi connectivity index (χ3v) is 3.63. The van der Waals surface area contributed by atoms with Gasteiger partial charge in [0, 0.05) is 26.1 Å². The highest BCUT2D eigenvalue weighted by molar-refractivity contribution is 5.73. The van der Waals surface area contributed by atoms with Gasteiger partial charge in [0.15, 0.2) is 0 Å². The second-order valence-corrected chi connectivity index (χ2v) is 4.49. The number of amidine groups is 1. The molecule has 0 unspecified atom stereocenters. The van der Waals surface area contributed by atoms with Crippen LogP contribution in [0.4, 0.5) is 4.39 Å². The molecule has 1 heterocycles. The Bertz CT molecular complexity index is 267. The lowest BCUT2D eigenvalue weighted by Crippen LogP contribution is -2.52. The summed E-state index contributed by atoms with van der Waals surface area (Å²) in [6.45, 7) is 4.07. The second kappa shape index (κ2) is 6.19. The zero-order valence-corrected chi connectivity index (χ0v) is 10.9. The van der Waals surface area contributed by atoms with Crippen molar-refractivity contribution in [3.05, 3.63) is 0 Å². The summed E-state index contributed by atoms with van der Waals surface area (Å²) in [4.78, 5) is 4.22. The van der Waals surface area contributed by atoms with Gasteiger partial charge in [0.1, 0.15) is 18.3 Å². The van der Waals surface area contributed by atoms with Gasteiger partial charge in [-0.1, -0.05) is 13.8 Å². The van der Waals surface area contributed by atoms with E-state index >= 15 is 0 Å². The smallest absolute Gasteiger partial charge is 0.282 e. The lowest BCUT2D eigenvalue weighted by atomic mass is 9.76. The van der Waals surface area contributed by atoms with Crippen LogP contribution in [-0.2, 0) is 9.47 Å². The molecule has 17 heavy (non-hydrogen) atoms. The zero-order valence-electron chi connectivity index (χ0n) is 10.9. The number of aliphatic imine (C=N–C) groups is 1. The monoisotopic (exact) mass is 246 g/mol. The molecule has 0 amide bonds. The first-order valence-electron chi connectivity index (χ1n) is 6.20. The minimum absolute atomic E-state index is 0.0555. The average molecular weight is 246 g/mol. The van der Waals surface area contributed by atoms with Crippen LogP contribution in [0.3, 0.4) is 0 Å². The Morgan fingerprint density at radius 2 is 2.24 bits per heavy atom. The molecular weight excluding hydrogens is 223 g/mol. The maximum Gasteiger partial charge on any atom is 0.282 e. The number of nitrogens with two attached hydrogens (primary N) is 1. The molecular formula is C12H23FN2O2. The quantitative estimate of drug-likeness (QED) is 0.778. The molecule has 0 aromatic rings. The van der Waals surface area contributed by atoms with Gasteiger partial charge in [-0.25, -0.2) is 9.38 Å². The predicted molar refractivity (Wildman–Crippen MR) is 65.8 cm³/mol. The van der Waals surface area contributed by atoms with Crippen LogP contribution < -0.4 is 5.73 Å². The minimum atomic E-state index is -0.713. The molecule has 5 heteroatoms. The Labute approximate surface area is 102 Å². The van der Waals surface area contributed by atoms with Gasteiger partial charge in [-0.05, 0) is 12.8 Å². The molecule has 1 aliphatic rings. The predicted octanol–water partition coefficient (Wildman–Crippen LogP) is 1.88. The van der Waals surface area contributed by atoms with Gasteiger partial charge in [0.2, 0.25) is 0 Å². The Balaban J connectivity index is 2.92. The lowest BCUT2D eigenvalue weighted by molar-refractivity contribution is 0.00740. The van der Waals surface area contributed by atoms with E-state index < -0.39 is 12.2 Å². The highest BCUT2D eigenvalue weighted by atomic mass is 19.1. The number of ether oxygens (including phenoxy) is 2. The fourth-order valence-electron chi connectivity index (χ4n) is 2.61. The molecule has 0 spiro atoms. The molecule has 0 saturated carbocycles. The van der Waals surface area contributed by atoms with E-state index in [-0.39, 0.29) is 18.0 Å². The molecule has 0 radical (unpaired) electrons. The van der Waals surface area contributed by atoms with Gasteiger partial charge in [0.05, 0.1) is 0 Å². The first kappa shape index (κ1) is 14.2. The van der Waals surface area contributed by atoms with E-state index in [0.717, 1.165) is 6.42 Å². The largest absolute Gasteiger partial charge is 0.462 e. The van der Waals surface area contributed by atoms with E-state index in [1.807, 2.05) is 13.8 Å². The summed E-state index contributed by atoms with van der Waals surface area (Å²) < 4.78 is 24.0. The number of nitrogens with zero attached hydrogens (tertiary/aromatic N) is 1. The van der Waals surface area contributed by atoms with Crippen LogP contribution >= 0.6 is 0 Å². The van der Waals surface area contributed by atoms with Crippen LogP contribution in [0.1, 0.15) is 33.1 Å². The van der Waals surface area contributed by atoms with Crippen molar-refractivity contribution in [2.75, 3.05) is 20.4 Å². The molecule has 4 nitrogen and oxygen atoms in total. The van der Waals surface area contributed by atoms with E-state index in [0.29, 0.717) is 19.4 Å². The number of alkyl halides is 1. The van der Waals surface area contributed by atoms with Crippen molar-refractivity contribution < 1.29 is 13.9 Å². The molecule has 2 N–H and O–H groups in total. The summed E-state index contributed by atoms with van der Waals surface area (Å²) in [5, 5.41) is 0. The van der Waals surface area contributed by atoms with Gasteiger partial charge in [0.25, 0.3) is 6.02 Å². The fraction of sp³-hybridized carbons (Fsp3) is 0.917. The van der Waals surface area contributed by atoms with Crippen molar-refractivity contribution in [1.29, 1.82) is 0 Å². The third-order valence-electron chi connectivity index (χ3n) is 3.63. The van der Waals surface area contributed by atoms with E-state index in [4.69, 9.17) is 15.2 Å². The molecule has 1 aliphatic heterocycles. The van der Waals surface area contributed by atoms with E-state index in [9.17, 15) is 4.39 Å². The van der Waals surface area contributed by atoms with E-state index in [1.54, 1.807) is 7.11 Å². The molecule has 3 atom stereocenters. The van der Waals surface area contributed by atoms with E-state index in [2.05, 4.69) is 4.99 Å². The van der Waals surface area contributed by atoms with Crippen molar-refractivity contribution in [3.8, 4) is 0 Å². The molecule has 0 fully saturated rings. The Morgan fingerprint density at radius 3 is 2.71 bits per heavy atom. The standard InChI is InChI=1S/C12H23FN2O2/c1-4-9-10(6-7-16-3)17-11(14)15-12(9,5-2)8-13/h9-10H,4-8H2,1-3H3,(H2,14,15)/t9-,10+,12-/m0/s1. The van der Waals surface area contributed by atoms with Crippen LogP contribution in [0, 0.1) is 5.92 Å². The van der Waals surface area contributed by atoms with E-state index in [1.165, 1.54) is 0 Å². The second-order valence-electron chi connectivity index (χ2n) is 4.49. The SMILES string of the molecule is CC[C@H]1[C@@H](CCOC)OC(N)=N[C@@]1(CC)CF. The summed E-state index contributed by atoms with van der Waals surface area (Å²) in [5.74, 6) is 0.0555. The number of methoxy groups -OCH3 is 1. The first-order valence-corrected chi connectivity index (χ1v) is 6.20. The van der Waals surface area contributed by atoms with Crippen molar-refractivity contribution in [2.24, 2.45) is 16.6 Å². The number of hydrogen-bond donors (Lipinski definition) is 1. The van der Waals surface area contributed by atoms with Gasteiger partial charge in [-0.3, -0.25) is 0 Å². The van der Waals surface area contributed by atoms with Crippen molar-refractivity contribution >= 4 is 6.02 Å². The van der Waals surface area contributed by atoms with Crippen LogP contribution in [0.15, 0.2) is 4.99 Å². The molecule has 100 valence electrons. The molecule has 0 aromatic heterocycles. The molecule has 0 aliphatic carbocycles. The maximum atomic E-state index is 13.4. The van der Waals surface area contributed by atoms with Crippen LogP contribution in [-0.4, -0.2) is 38.1 Å². The first-order chi connectivity index (χ1) is 8.13. The van der Waals surface area contributed by atoms with Crippen molar-refractivity contribution in [1.82, 2.24) is 0 Å². The summed E-state index contributed by atoms with van der Waals surface area (Å²) >= 11 is 0. The Hall–Kier alpha value is -0.840. The normalized spacial score (nSPS) is 33.1. The van der Waals surface area contributed by atoms with Gasteiger partial charge >= 0.3 is 0 Å². The maximum absolute atomic E-state index is 13.4. The minimum Gasteiger partial charge on any atom is -0.462 e. The van der Waals surface area contributed by atoms with Crippen molar-refractivity contribution in [2.45, 2.75) is 44.8 Å². The summed E-state index contributed by atoms with van der Waals surface area (Å²) in [7, 11) is 1.64. The molecule has 0 saturated heterocycles. The van der Waals surface area contributed by atoms with Gasteiger partial charge in [-0.2, -0.15) is 0 Å². The van der Waals surface area contributed by atoms with Crippen LogP contribution in [0.25, 0.3) is 0 Å². The topological polar surface area (TPSA) is 56.8 Å². The Kier molecular flexibility index (Phi) is 5.18. The zero-order chi connectivity index (χ0) is 12.9. The van der Waals surface area contributed by atoms with Gasteiger partial charge in [-0.15, -0.1) is 0 Å². The highest BCUT2D eigenvalue weighted by Crippen LogP contribution is 2.37. The summed E-state index contributed by atoms with van der Waals surface area (Å²) in [5.41, 5.74) is 4.95. The van der Waals surface area contributed by atoms with Crippen LogP contribution in [0.5, 0.6) is 0 Å². The van der Waals surface area contributed by atoms with Gasteiger partial charge < -0.3 is 15.2 Å². The van der Waals surface area contributed by atoms with Crippen LogP contribution in [0.2, 0.25) is 0 Å². The number of halogens is 1. The summed E-state index contributed by atoms with van der Waals surface area (Å²) in [6, 6.07) is 0.107. The third kappa shape index (κ3) is 2.89. The molecule has 0 bridgehead atoms. The number of hydrogen-bond acceptors (Lipinski definition) is 4. The van der Waals surface area contributed by atoms with Crippen molar-refractivity contribution in [3.63, 3.8) is 0 Å². The number of rotatable bonds is 6. The Morgan fingerprint density at radius 1 is 1.53 bits per heavy atom. The molecule has 0 aromatic carbocycles. The summed E-state index contributed by atoms with van der Waals surface area (Å²) in [6.07, 6.45) is 2.07.